The molecule has 0 aromatic heterocycles. The van der Waals surface area contributed by atoms with Crippen molar-refractivity contribution < 1.29 is 40.3 Å². The summed E-state index contributed by atoms with van der Waals surface area (Å²) in [5.74, 6) is 0. The second kappa shape index (κ2) is 108. The fraction of sp³-hybridized carbons (Fsp3) is 0. The molecule has 0 fully saturated rings. The summed E-state index contributed by atoms with van der Waals surface area (Å²) in [4.78, 5) is 32.4. The molecule has 15 heteroatoms. The van der Waals surface area contributed by atoms with Crippen molar-refractivity contribution in [3.8, 4) is 0 Å². The second-order valence-electron chi connectivity index (χ2n) is 0.327. The van der Waals surface area contributed by atoms with Gasteiger partial charge in [0.1, 0.15) is 0 Å². The number of rotatable bonds is 0. The van der Waals surface area contributed by atoms with Gasteiger partial charge in [-0.2, -0.15) is 0 Å². The van der Waals surface area contributed by atoms with Crippen molar-refractivity contribution >= 4 is 103 Å². The van der Waals surface area contributed by atoms with E-state index in [4.69, 9.17) is 40.5 Å². The third-order valence-corrected chi connectivity index (χ3v) is 0. The fourth-order valence-electron chi connectivity index (χ4n) is 0. The van der Waals surface area contributed by atoms with Gasteiger partial charge < -0.3 is 20.8 Å². The Kier molecular flexibility index (Phi) is 316. The summed E-state index contributed by atoms with van der Waals surface area (Å²) in [6.45, 7) is 0. The number of hydrogen-bond acceptors (Lipinski definition) is 8. The maximum Gasteiger partial charge on any atom is 0.152 e. The molecular formula is H4K2N4O8Rh. The summed E-state index contributed by atoms with van der Waals surface area (Å²) in [5.41, 5.74) is 0. The van der Waals surface area contributed by atoms with E-state index in [0.29, 0.717) is 0 Å². The van der Waals surface area contributed by atoms with E-state index < -0.39 is 0 Å². The molecule has 0 heterocycles. The topological polar surface area (TPSA) is 199 Å². The predicted molar refractivity (Wildman–Crippen MR) is 41.8 cm³/mol. The minimum absolute atomic E-state index is 0. The van der Waals surface area contributed by atoms with Crippen LogP contribution in [0.15, 0.2) is 21.4 Å². The molecule has 0 amide bonds. The molecule has 83 valence electrons. The Bertz CT molecular complexity index is 78.6. The van der Waals surface area contributed by atoms with E-state index >= 15 is 0 Å². The van der Waals surface area contributed by atoms with Gasteiger partial charge in [0.2, 0.25) is 0 Å². The molecule has 0 aliphatic carbocycles. The van der Waals surface area contributed by atoms with Gasteiger partial charge in [-0.15, -0.1) is 19.6 Å². The Labute approximate surface area is 180 Å². The molecule has 0 unspecified atom stereocenters. The van der Waals surface area contributed by atoms with Crippen LogP contribution in [0.1, 0.15) is 0 Å². The van der Waals surface area contributed by atoms with Gasteiger partial charge in [0.05, 0.1) is 0 Å². The van der Waals surface area contributed by atoms with Crippen LogP contribution in [0, 0.1) is 19.6 Å². The normalized spacial score (nSPS) is 3.20. The molecule has 0 saturated heterocycles. The maximum atomic E-state index is 8.11. The third-order valence-electron chi connectivity index (χ3n) is 0. The van der Waals surface area contributed by atoms with E-state index in [1.165, 1.54) is 21.4 Å². The Morgan fingerprint density at radius 1 is 0.533 bits per heavy atom. The smallest absolute Gasteiger partial charge is 0.152 e. The zero-order chi connectivity index (χ0) is 10.8. The molecule has 0 bridgehead atoms. The summed E-state index contributed by atoms with van der Waals surface area (Å²) in [6, 6.07) is 0. The Morgan fingerprint density at radius 3 is 0.533 bits per heavy atom. The molecule has 0 aliphatic heterocycles. The fourth-order valence-corrected chi connectivity index (χ4v) is 0. The third kappa shape index (κ3) is 1260. The monoisotopic (exact) mass is 369 g/mol. The van der Waals surface area contributed by atoms with Crippen LogP contribution in [0.4, 0.5) is 0 Å². The van der Waals surface area contributed by atoms with Crippen molar-refractivity contribution in [2.45, 2.75) is 0 Å². The Balaban J connectivity index is -0.0000000107. The summed E-state index contributed by atoms with van der Waals surface area (Å²) < 4.78 is 0. The number of hydrogen-bond donors (Lipinski definition) is 4. The summed E-state index contributed by atoms with van der Waals surface area (Å²) in [5, 5.41) is 31.6. The largest absolute Gasteiger partial charge is 0.379 e. The molecule has 12 nitrogen and oxygen atoms in total. The SMILES string of the molecule is O=NO.O=NO.O=NO.O=NO.[K].[K].[Rh]. The van der Waals surface area contributed by atoms with Gasteiger partial charge >= 0.3 is 0 Å². The first-order chi connectivity index (χ1) is 5.66. The average Bonchev–Trinajstić information content (AvgIpc) is 1.92. The van der Waals surface area contributed by atoms with Gasteiger partial charge in [-0.1, -0.05) is 0 Å². The van der Waals surface area contributed by atoms with Crippen LogP contribution in [-0.2, 0) is 19.5 Å². The molecule has 0 saturated carbocycles. The van der Waals surface area contributed by atoms with Gasteiger partial charge in [-0.05, 0) is 0 Å². The number of nitrogens with zero attached hydrogens (tertiary/aromatic N) is 4. The maximum absolute atomic E-state index is 8.11. The molecule has 4 N–H and O–H groups in total. The van der Waals surface area contributed by atoms with E-state index in [-0.39, 0.29) is 122 Å². The molecule has 0 aliphatic rings. The first-order valence-electron chi connectivity index (χ1n) is 1.53. The molecule has 0 spiro atoms. The molecule has 0 rings (SSSR count). The van der Waals surface area contributed by atoms with Crippen LogP contribution in [-0.4, -0.2) is 124 Å². The van der Waals surface area contributed by atoms with E-state index in [1.807, 2.05) is 0 Å². The zero-order valence-corrected chi connectivity index (χ0v) is 15.4. The van der Waals surface area contributed by atoms with Crippen LogP contribution in [0.2, 0.25) is 0 Å². The standard InChI is InChI=1S/2K.4HNO2.Rh/c;;4*2-1-3;/h;;4*(H,2,3);. The first-order valence-corrected chi connectivity index (χ1v) is 1.53. The molecule has 0 atom stereocenters. The van der Waals surface area contributed by atoms with Crippen LogP contribution in [0.25, 0.3) is 0 Å². The van der Waals surface area contributed by atoms with E-state index in [1.54, 1.807) is 0 Å². The van der Waals surface area contributed by atoms with Crippen LogP contribution in [0.5, 0.6) is 0 Å². The first kappa shape index (κ1) is 43.9. The van der Waals surface area contributed by atoms with Crippen LogP contribution >= 0.6 is 0 Å². The van der Waals surface area contributed by atoms with Crippen molar-refractivity contribution in [3.63, 3.8) is 0 Å². The second-order valence-corrected chi connectivity index (χ2v) is 0.327. The Hall–Kier alpha value is 1.50. The quantitative estimate of drug-likeness (QED) is 0.255. The van der Waals surface area contributed by atoms with Crippen molar-refractivity contribution in [1.29, 1.82) is 0 Å². The van der Waals surface area contributed by atoms with Gasteiger partial charge in [-0.25, -0.2) is 0 Å². The molecule has 0 aromatic carbocycles. The van der Waals surface area contributed by atoms with Crippen LogP contribution < -0.4 is 0 Å². The Morgan fingerprint density at radius 2 is 0.533 bits per heavy atom. The van der Waals surface area contributed by atoms with E-state index in [0.717, 1.165) is 0 Å². The predicted octanol–water partition coefficient (Wildman–Crippen LogP) is -0.196. The van der Waals surface area contributed by atoms with E-state index in [9.17, 15) is 0 Å². The minimum Gasteiger partial charge on any atom is -0.379 e. The summed E-state index contributed by atoms with van der Waals surface area (Å²) >= 11 is 0. The van der Waals surface area contributed by atoms with Crippen molar-refractivity contribution in [3.05, 3.63) is 19.6 Å². The van der Waals surface area contributed by atoms with Gasteiger partial charge in [-0.3, -0.25) is 0 Å². The molecule has 0 aromatic rings. The summed E-state index contributed by atoms with van der Waals surface area (Å²) in [6.07, 6.45) is 0. The van der Waals surface area contributed by atoms with Crippen LogP contribution in [0.3, 0.4) is 0 Å². The zero-order valence-electron chi connectivity index (χ0n) is 7.54. The van der Waals surface area contributed by atoms with Gasteiger partial charge in [0.15, 0.2) is 21.4 Å². The van der Waals surface area contributed by atoms with Crippen molar-refractivity contribution in [2.75, 3.05) is 0 Å². The minimum atomic E-state index is 0. The molecule has 3 radical (unpaired) electrons. The molecular weight excluding hydrogens is 365 g/mol. The average molecular weight is 369 g/mol. The van der Waals surface area contributed by atoms with E-state index in [2.05, 4.69) is 0 Å². The molecule has 15 heavy (non-hydrogen) atoms. The summed E-state index contributed by atoms with van der Waals surface area (Å²) in [7, 11) is 0. The van der Waals surface area contributed by atoms with Crippen molar-refractivity contribution in [1.82, 2.24) is 0 Å². The van der Waals surface area contributed by atoms with Gasteiger partial charge in [0, 0.05) is 122 Å². The van der Waals surface area contributed by atoms with Crippen molar-refractivity contribution in [2.24, 2.45) is 21.4 Å². The van der Waals surface area contributed by atoms with Gasteiger partial charge in [0.25, 0.3) is 0 Å².